The van der Waals surface area contributed by atoms with Gasteiger partial charge in [-0.2, -0.15) is 0 Å². The van der Waals surface area contributed by atoms with E-state index in [4.69, 9.17) is 0 Å². The fraction of sp³-hybridized carbons (Fsp3) is 0.733. The van der Waals surface area contributed by atoms with E-state index in [9.17, 15) is 0 Å². The fourth-order valence-electron chi connectivity index (χ4n) is 2.05. The quantitative estimate of drug-likeness (QED) is 0.738. The molecular formula is C15H28N2S. The summed E-state index contributed by atoms with van der Waals surface area (Å²) in [4.78, 5) is 4.01. The first-order valence-corrected chi connectivity index (χ1v) is 7.95. The Morgan fingerprint density at radius 1 is 1.28 bits per heavy atom. The maximum atomic E-state index is 3.55. The van der Waals surface area contributed by atoms with E-state index in [1.54, 1.807) is 0 Å². The third-order valence-electron chi connectivity index (χ3n) is 3.02. The smallest absolute Gasteiger partial charge is 0.0327 e. The van der Waals surface area contributed by atoms with E-state index < -0.39 is 0 Å². The molecule has 104 valence electrons. The van der Waals surface area contributed by atoms with Crippen LogP contribution in [0, 0.1) is 11.8 Å². The first kappa shape index (κ1) is 15.7. The SMILES string of the molecule is CCN(Cc1cccs1)CC(C)CNCC(C)C. The second kappa shape index (κ2) is 8.68. The number of hydrogen-bond donors (Lipinski definition) is 1. The molecule has 0 bridgehead atoms. The van der Waals surface area contributed by atoms with Crippen LogP contribution in [0.2, 0.25) is 0 Å². The van der Waals surface area contributed by atoms with Crippen molar-refractivity contribution in [1.29, 1.82) is 0 Å². The lowest BCUT2D eigenvalue weighted by molar-refractivity contribution is 0.238. The summed E-state index contributed by atoms with van der Waals surface area (Å²) < 4.78 is 0. The lowest BCUT2D eigenvalue weighted by Crippen LogP contribution is -2.34. The van der Waals surface area contributed by atoms with Crippen LogP contribution in [0.4, 0.5) is 0 Å². The maximum Gasteiger partial charge on any atom is 0.0327 e. The molecule has 1 heterocycles. The molecule has 3 heteroatoms. The number of nitrogens with zero attached hydrogens (tertiary/aromatic N) is 1. The molecule has 0 aromatic carbocycles. The summed E-state index contributed by atoms with van der Waals surface area (Å²) in [5.41, 5.74) is 0. The van der Waals surface area contributed by atoms with Gasteiger partial charge in [-0.3, -0.25) is 4.90 Å². The van der Waals surface area contributed by atoms with Crippen molar-refractivity contribution in [1.82, 2.24) is 10.2 Å². The zero-order valence-electron chi connectivity index (χ0n) is 12.3. The van der Waals surface area contributed by atoms with Crippen molar-refractivity contribution in [2.45, 2.75) is 34.2 Å². The lowest BCUT2D eigenvalue weighted by atomic mass is 10.1. The van der Waals surface area contributed by atoms with Gasteiger partial charge in [0.1, 0.15) is 0 Å². The van der Waals surface area contributed by atoms with Crippen molar-refractivity contribution in [2.75, 3.05) is 26.2 Å². The van der Waals surface area contributed by atoms with Gasteiger partial charge < -0.3 is 5.32 Å². The van der Waals surface area contributed by atoms with Gasteiger partial charge in [-0.05, 0) is 42.9 Å². The highest BCUT2D eigenvalue weighted by Crippen LogP contribution is 2.12. The summed E-state index contributed by atoms with van der Waals surface area (Å²) in [5.74, 6) is 1.45. The van der Waals surface area contributed by atoms with Gasteiger partial charge >= 0.3 is 0 Å². The Balaban J connectivity index is 2.24. The van der Waals surface area contributed by atoms with Crippen LogP contribution >= 0.6 is 11.3 Å². The van der Waals surface area contributed by atoms with Gasteiger partial charge in [0.2, 0.25) is 0 Å². The summed E-state index contributed by atoms with van der Waals surface area (Å²) in [6, 6.07) is 4.37. The molecular weight excluding hydrogens is 240 g/mol. The van der Waals surface area contributed by atoms with Gasteiger partial charge in [-0.1, -0.05) is 33.8 Å². The van der Waals surface area contributed by atoms with Crippen LogP contribution in [0.1, 0.15) is 32.6 Å². The first-order chi connectivity index (χ1) is 8.61. The molecule has 0 aliphatic rings. The predicted octanol–water partition coefficient (Wildman–Crippen LogP) is 3.45. The Labute approximate surface area is 116 Å². The Kier molecular flexibility index (Phi) is 7.56. The Morgan fingerprint density at radius 3 is 2.61 bits per heavy atom. The molecule has 0 saturated carbocycles. The van der Waals surface area contributed by atoms with Gasteiger partial charge in [-0.15, -0.1) is 11.3 Å². The largest absolute Gasteiger partial charge is 0.316 e. The maximum absolute atomic E-state index is 3.55. The van der Waals surface area contributed by atoms with E-state index in [0.717, 1.165) is 32.1 Å². The van der Waals surface area contributed by atoms with Gasteiger partial charge in [0.05, 0.1) is 0 Å². The van der Waals surface area contributed by atoms with Gasteiger partial charge in [0.25, 0.3) is 0 Å². The molecule has 1 aromatic rings. The van der Waals surface area contributed by atoms with Gasteiger partial charge in [0.15, 0.2) is 0 Å². The molecule has 1 unspecified atom stereocenters. The van der Waals surface area contributed by atoms with Crippen molar-refractivity contribution in [3.05, 3.63) is 22.4 Å². The van der Waals surface area contributed by atoms with Crippen molar-refractivity contribution in [3.8, 4) is 0 Å². The number of thiophene rings is 1. The molecule has 0 aliphatic heterocycles. The first-order valence-electron chi connectivity index (χ1n) is 7.07. The number of rotatable bonds is 9. The van der Waals surface area contributed by atoms with E-state index in [1.165, 1.54) is 11.4 Å². The third kappa shape index (κ3) is 6.53. The molecule has 0 aliphatic carbocycles. The summed E-state index contributed by atoms with van der Waals surface area (Å²) in [6.07, 6.45) is 0. The van der Waals surface area contributed by atoms with Gasteiger partial charge in [-0.25, -0.2) is 0 Å². The van der Waals surface area contributed by atoms with E-state index in [0.29, 0.717) is 5.92 Å². The lowest BCUT2D eigenvalue weighted by Gasteiger charge is -2.24. The minimum Gasteiger partial charge on any atom is -0.316 e. The molecule has 2 nitrogen and oxygen atoms in total. The zero-order chi connectivity index (χ0) is 13.4. The third-order valence-corrected chi connectivity index (χ3v) is 3.88. The van der Waals surface area contributed by atoms with Crippen LogP contribution in [-0.4, -0.2) is 31.1 Å². The molecule has 1 aromatic heterocycles. The molecule has 1 N–H and O–H groups in total. The minimum atomic E-state index is 0.712. The number of hydrogen-bond acceptors (Lipinski definition) is 3. The summed E-state index contributed by atoms with van der Waals surface area (Å²) in [5, 5.41) is 5.71. The van der Waals surface area contributed by atoms with E-state index in [1.807, 2.05) is 11.3 Å². The topological polar surface area (TPSA) is 15.3 Å². The zero-order valence-corrected chi connectivity index (χ0v) is 13.1. The monoisotopic (exact) mass is 268 g/mol. The van der Waals surface area contributed by atoms with Gasteiger partial charge in [0, 0.05) is 18.0 Å². The molecule has 18 heavy (non-hydrogen) atoms. The molecule has 0 saturated heterocycles. The van der Waals surface area contributed by atoms with Crippen molar-refractivity contribution >= 4 is 11.3 Å². The van der Waals surface area contributed by atoms with E-state index >= 15 is 0 Å². The standard InChI is InChI=1S/C15H28N2S/c1-5-17(12-15-7-6-8-18-15)11-14(4)10-16-9-13(2)3/h6-8,13-14,16H,5,9-12H2,1-4H3. The fourth-order valence-corrected chi connectivity index (χ4v) is 2.80. The second-order valence-electron chi connectivity index (χ2n) is 5.56. The van der Waals surface area contributed by atoms with Crippen LogP contribution in [0.25, 0.3) is 0 Å². The Morgan fingerprint density at radius 2 is 2.06 bits per heavy atom. The highest BCUT2D eigenvalue weighted by atomic mass is 32.1. The van der Waals surface area contributed by atoms with Crippen molar-refractivity contribution in [2.24, 2.45) is 11.8 Å². The average Bonchev–Trinajstić information content (AvgIpc) is 2.80. The van der Waals surface area contributed by atoms with Crippen LogP contribution < -0.4 is 5.32 Å². The van der Waals surface area contributed by atoms with E-state index in [-0.39, 0.29) is 0 Å². The van der Waals surface area contributed by atoms with Crippen LogP contribution in [0.15, 0.2) is 17.5 Å². The van der Waals surface area contributed by atoms with Crippen molar-refractivity contribution < 1.29 is 0 Å². The van der Waals surface area contributed by atoms with Crippen molar-refractivity contribution in [3.63, 3.8) is 0 Å². The Bertz CT molecular complexity index is 295. The van der Waals surface area contributed by atoms with Crippen LogP contribution in [0.3, 0.4) is 0 Å². The number of nitrogens with one attached hydrogen (secondary N) is 1. The predicted molar refractivity (Wildman–Crippen MR) is 82.1 cm³/mol. The molecule has 0 spiro atoms. The molecule has 0 amide bonds. The molecule has 1 rings (SSSR count). The molecule has 1 atom stereocenters. The van der Waals surface area contributed by atoms with Crippen LogP contribution in [-0.2, 0) is 6.54 Å². The summed E-state index contributed by atoms with van der Waals surface area (Å²) >= 11 is 1.86. The second-order valence-corrected chi connectivity index (χ2v) is 6.60. The normalized spacial score (nSPS) is 13.4. The summed E-state index contributed by atoms with van der Waals surface area (Å²) in [6.45, 7) is 14.8. The van der Waals surface area contributed by atoms with E-state index in [2.05, 4.69) is 55.4 Å². The summed E-state index contributed by atoms with van der Waals surface area (Å²) in [7, 11) is 0. The minimum absolute atomic E-state index is 0.712. The Hall–Kier alpha value is -0.380. The molecule has 0 fully saturated rings. The molecule has 0 radical (unpaired) electrons. The van der Waals surface area contributed by atoms with Crippen LogP contribution in [0.5, 0.6) is 0 Å². The average molecular weight is 268 g/mol. The highest BCUT2D eigenvalue weighted by molar-refractivity contribution is 7.09. The highest BCUT2D eigenvalue weighted by Gasteiger charge is 2.09.